The van der Waals surface area contributed by atoms with Gasteiger partial charge in [-0.2, -0.15) is 0 Å². The molecule has 0 aliphatic carbocycles. The third-order valence-corrected chi connectivity index (χ3v) is 2.75. The van der Waals surface area contributed by atoms with Crippen LogP contribution in [-0.4, -0.2) is 25.7 Å². The zero-order valence-corrected chi connectivity index (χ0v) is 10.1. The molecule has 0 aromatic heterocycles. The second-order valence-corrected chi connectivity index (χ2v) is 5.41. The van der Waals surface area contributed by atoms with Crippen molar-refractivity contribution in [2.24, 2.45) is 0 Å². The number of nitrogens with one attached hydrogen (secondary N) is 1. The van der Waals surface area contributed by atoms with E-state index in [-0.39, 0.29) is 11.3 Å². The largest absolute Gasteiger partial charge is 0.478 e. The molecule has 0 saturated carbocycles. The normalized spacial score (nSPS) is 11.2. The Morgan fingerprint density at radius 3 is 2.19 bits per heavy atom. The van der Waals surface area contributed by atoms with E-state index in [1.54, 1.807) is 13.8 Å². The van der Waals surface area contributed by atoms with Crippen LogP contribution in [-0.2, 0) is 10.0 Å². The van der Waals surface area contributed by atoms with Crippen molar-refractivity contribution >= 4 is 21.7 Å². The Kier molecular flexibility index (Phi) is 3.23. The summed E-state index contributed by atoms with van der Waals surface area (Å²) in [4.78, 5) is 10.9. The minimum absolute atomic E-state index is 0.0477. The van der Waals surface area contributed by atoms with Gasteiger partial charge in [-0.05, 0) is 37.1 Å². The van der Waals surface area contributed by atoms with Gasteiger partial charge in [0.2, 0.25) is 10.0 Å². The van der Waals surface area contributed by atoms with Crippen LogP contribution in [0.2, 0.25) is 0 Å². The van der Waals surface area contributed by atoms with Crippen molar-refractivity contribution in [3.05, 3.63) is 28.8 Å². The third-order valence-electron chi connectivity index (χ3n) is 2.16. The zero-order valence-electron chi connectivity index (χ0n) is 9.23. The fourth-order valence-electron chi connectivity index (χ4n) is 1.28. The average Bonchev–Trinajstić information content (AvgIpc) is 2.07. The highest BCUT2D eigenvalue weighted by atomic mass is 32.2. The summed E-state index contributed by atoms with van der Waals surface area (Å²) in [6.45, 7) is 3.56. The number of hydrogen-bond acceptors (Lipinski definition) is 3. The van der Waals surface area contributed by atoms with Crippen molar-refractivity contribution < 1.29 is 18.3 Å². The van der Waals surface area contributed by atoms with E-state index in [0.29, 0.717) is 0 Å². The van der Waals surface area contributed by atoms with Crippen LogP contribution in [0, 0.1) is 13.8 Å². The van der Waals surface area contributed by atoms with Crippen molar-refractivity contribution in [3.8, 4) is 0 Å². The SMILES string of the molecule is Cc1cc(NS(C)(=O)=O)c(C(=O)O)cc1C. The van der Waals surface area contributed by atoms with Gasteiger partial charge in [-0.15, -0.1) is 0 Å². The molecule has 0 saturated heterocycles. The van der Waals surface area contributed by atoms with Crippen LogP contribution in [0.1, 0.15) is 21.5 Å². The monoisotopic (exact) mass is 243 g/mol. The lowest BCUT2D eigenvalue weighted by atomic mass is 10.0. The smallest absolute Gasteiger partial charge is 0.337 e. The molecule has 0 atom stereocenters. The number of anilines is 1. The molecule has 0 unspecified atom stereocenters. The minimum Gasteiger partial charge on any atom is -0.478 e. The maximum absolute atomic E-state index is 11.1. The Labute approximate surface area is 94.2 Å². The first-order valence-electron chi connectivity index (χ1n) is 4.53. The number of benzene rings is 1. The van der Waals surface area contributed by atoms with Gasteiger partial charge in [0.05, 0.1) is 17.5 Å². The molecule has 0 fully saturated rings. The van der Waals surface area contributed by atoms with E-state index in [9.17, 15) is 13.2 Å². The number of hydrogen-bond donors (Lipinski definition) is 2. The van der Waals surface area contributed by atoms with Gasteiger partial charge >= 0.3 is 5.97 Å². The topological polar surface area (TPSA) is 83.5 Å². The fraction of sp³-hybridized carbons (Fsp3) is 0.300. The lowest BCUT2D eigenvalue weighted by molar-refractivity contribution is 0.0698. The van der Waals surface area contributed by atoms with Crippen molar-refractivity contribution in [1.82, 2.24) is 0 Å². The van der Waals surface area contributed by atoms with E-state index >= 15 is 0 Å². The summed E-state index contributed by atoms with van der Waals surface area (Å²) in [5, 5.41) is 8.94. The fourth-order valence-corrected chi connectivity index (χ4v) is 1.85. The Morgan fingerprint density at radius 1 is 1.25 bits per heavy atom. The number of carbonyl (C=O) groups is 1. The summed E-state index contributed by atoms with van der Waals surface area (Å²) in [6, 6.07) is 2.96. The van der Waals surface area contributed by atoms with E-state index in [2.05, 4.69) is 4.72 Å². The second kappa shape index (κ2) is 4.13. The van der Waals surface area contributed by atoms with Gasteiger partial charge in [0, 0.05) is 0 Å². The van der Waals surface area contributed by atoms with Crippen LogP contribution in [0.3, 0.4) is 0 Å². The van der Waals surface area contributed by atoms with E-state index in [1.807, 2.05) is 0 Å². The molecule has 1 aromatic rings. The van der Waals surface area contributed by atoms with Crippen LogP contribution in [0.15, 0.2) is 12.1 Å². The molecule has 0 spiro atoms. The van der Waals surface area contributed by atoms with Gasteiger partial charge in [0.15, 0.2) is 0 Å². The standard InChI is InChI=1S/C10H13NO4S/c1-6-4-8(10(12)13)9(5-7(6)2)11-16(3,14)15/h4-5,11H,1-3H3,(H,12,13). The number of aromatic carboxylic acids is 1. The maximum Gasteiger partial charge on any atom is 0.337 e. The summed E-state index contributed by atoms with van der Waals surface area (Å²) >= 11 is 0. The van der Waals surface area contributed by atoms with Gasteiger partial charge in [0.25, 0.3) is 0 Å². The van der Waals surface area contributed by atoms with Crippen LogP contribution >= 0.6 is 0 Å². The second-order valence-electron chi connectivity index (χ2n) is 3.66. The molecule has 88 valence electrons. The summed E-state index contributed by atoms with van der Waals surface area (Å²) in [7, 11) is -3.48. The highest BCUT2D eigenvalue weighted by Crippen LogP contribution is 2.21. The average molecular weight is 243 g/mol. The third kappa shape index (κ3) is 2.96. The molecule has 1 rings (SSSR count). The van der Waals surface area contributed by atoms with E-state index in [4.69, 9.17) is 5.11 Å². The van der Waals surface area contributed by atoms with Crippen LogP contribution in [0.4, 0.5) is 5.69 Å². The molecule has 2 N–H and O–H groups in total. The summed E-state index contributed by atoms with van der Waals surface area (Å²) in [5.41, 5.74) is 1.68. The molecular formula is C10H13NO4S. The molecule has 1 aromatic carbocycles. The Bertz CT molecular complexity index is 534. The molecular weight excluding hydrogens is 230 g/mol. The first kappa shape index (κ1) is 12.5. The van der Waals surface area contributed by atoms with Gasteiger partial charge in [-0.25, -0.2) is 13.2 Å². The number of carboxylic acids is 1. The Hall–Kier alpha value is -1.56. The zero-order chi connectivity index (χ0) is 12.5. The summed E-state index contributed by atoms with van der Waals surface area (Å²) < 4.78 is 24.3. The quantitative estimate of drug-likeness (QED) is 0.839. The molecule has 0 amide bonds. The number of rotatable bonds is 3. The molecule has 0 heterocycles. The number of carboxylic acid groups (broad SMARTS) is 1. The van der Waals surface area contributed by atoms with Crippen LogP contribution < -0.4 is 4.72 Å². The predicted molar refractivity (Wildman–Crippen MR) is 61.3 cm³/mol. The minimum atomic E-state index is -3.48. The highest BCUT2D eigenvalue weighted by Gasteiger charge is 2.14. The van der Waals surface area contributed by atoms with Crippen molar-refractivity contribution in [2.75, 3.05) is 11.0 Å². The Morgan fingerprint density at radius 2 is 1.75 bits per heavy atom. The summed E-state index contributed by atoms with van der Waals surface area (Å²) in [6.07, 6.45) is 0.980. The lowest BCUT2D eigenvalue weighted by Crippen LogP contribution is -2.13. The van der Waals surface area contributed by atoms with Gasteiger partial charge in [-0.1, -0.05) is 0 Å². The predicted octanol–water partition coefficient (Wildman–Crippen LogP) is 1.37. The number of aryl methyl sites for hydroxylation is 2. The molecule has 6 heteroatoms. The molecule has 16 heavy (non-hydrogen) atoms. The first-order chi connectivity index (χ1) is 7.20. The maximum atomic E-state index is 11.1. The number of sulfonamides is 1. The van der Waals surface area contributed by atoms with Crippen LogP contribution in [0.5, 0.6) is 0 Å². The Balaban J connectivity index is 3.36. The van der Waals surface area contributed by atoms with E-state index in [1.165, 1.54) is 12.1 Å². The van der Waals surface area contributed by atoms with Gasteiger partial charge < -0.3 is 5.11 Å². The molecule has 0 aliphatic heterocycles. The molecule has 5 nitrogen and oxygen atoms in total. The molecule has 0 aliphatic rings. The van der Waals surface area contributed by atoms with E-state index < -0.39 is 16.0 Å². The van der Waals surface area contributed by atoms with Gasteiger partial charge in [0.1, 0.15) is 0 Å². The van der Waals surface area contributed by atoms with E-state index in [0.717, 1.165) is 17.4 Å². The van der Waals surface area contributed by atoms with Crippen LogP contribution in [0.25, 0.3) is 0 Å². The van der Waals surface area contributed by atoms with Crippen molar-refractivity contribution in [3.63, 3.8) is 0 Å². The molecule has 0 radical (unpaired) electrons. The van der Waals surface area contributed by atoms with Gasteiger partial charge in [-0.3, -0.25) is 4.72 Å². The van der Waals surface area contributed by atoms with Crippen molar-refractivity contribution in [1.29, 1.82) is 0 Å². The first-order valence-corrected chi connectivity index (χ1v) is 6.42. The highest BCUT2D eigenvalue weighted by molar-refractivity contribution is 7.92. The lowest BCUT2D eigenvalue weighted by Gasteiger charge is -2.10. The van der Waals surface area contributed by atoms with Crippen molar-refractivity contribution in [2.45, 2.75) is 13.8 Å². The summed E-state index contributed by atoms with van der Waals surface area (Å²) in [5.74, 6) is -1.16. The molecule has 0 bridgehead atoms.